The molecule has 0 spiro atoms. The molecule has 0 bridgehead atoms. The van der Waals surface area contributed by atoms with Crippen LogP contribution in [0.25, 0.3) is 0 Å². The van der Waals surface area contributed by atoms with E-state index in [-0.39, 0.29) is 0 Å². The van der Waals surface area contributed by atoms with Crippen molar-refractivity contribution in [3.63, 3.8) is 0 Å². The van der Waals surface area contributed by atoms with Gasteiger partial charge in [0.2, 0.25) is 0 Å². The summed E-state index contributed by atoms with van der Waals surface area (Å²) in [7, 11) is 0. The number of ketones is 1. The number of benzene rings is 1. The highest BCUT2D eigenvalue weighted by Gasteiger charge is 2.03. The lowest BCUT2D eigenvalue weighted by Crippen LogP contribution is -2.02. The number of Topliss-reactive ketones (excluding diaryl/α,β-unsaturated/α-hetero) is 1. The third kappa shape index (κ3) is 7.15. The Morgan fingerprint density at radius 3 is 2.05 bits per heavy atom. The van der Waals surface area contributed by atoms with Gasteiger partial charge in [0.1, 0.15) is 5.78 Å². The lowest BCUT2D eigenvalue weighted by molar-refractivity contribution is -0.118. The van der Waals surface area contributed by atoms with E-state index in [9.17, 15) is 4.79 Å². The van der Waals surface area contributed by atoms with Gasteiger partial charge in [-0.3, -0.25) is 4.79 Å². The van der Waals surface area contributed by atoms with Crippen LogP contribution in [-0.4, -0.2) is 5.78 Å². The summed E-state index contributed by atoms with van der Waals surface area (Å²) >= 11 is 0. The Hall–Kier alpha value is -1.11. The van der Waals surface area contributed by atoms with Gasteiger partial charge >= 0.3 is 0 Å². The molecule has 0 amide bonds. The van der Waals surface area contributed by atoms with Crippen molar-refractivity contribution in [3.05, 3.63) is 35.4 Å². The molecule has 1 rings (SSSR count). The van der Waals surface area contributed by atoms with E-state index in [4.69, 9.17) is 0 Å². The molecule has 1 aromatic carbocycles. The van der Waals surface area contributed by atoms with E-state index in [2.05, 4.69) is 38.1 Å². The Morgan fingerprint density at radius 1 is 0.842 bits per heavy atom. The zero-order chi connectivity index (χ0) is 13.9. The van der Waals surface area contributed by atoms with E-state index in [0.717, 1.165) is 24.8 Å². The fraction of sp³-hybridized carbons (Fsp3) is 0.611. The van der Waals surface area contributed by atoms with Crippen LogP contribution >= 0.6 is 0 Å². The van der Waals surface area contributed by atoms with Crippen LogP contribution in [0.1, 0.15) is 69.9 Å². The van der Waals surface area contributed by atoms with Crippen LogP contribution in [0.2, 0.25) is 0 Å². The van der Waals surface area contributed by atoms with E-state index in [1.54, 1.807) is 0 Å². The smallest absolute Gasteiger partial charge is 0.137 e. The van der Waals surface area contributed by atoms with Crippen LogP contribution in [0.15, 0.2) is 24.3 Å². The maximum atomic E-state index is 11.9. The van der Waals surface area contributed by atoms with E-state index in [1.807, 2.05) is 0 Å². The molecular weight excluding hydrogens is 232 g/mol. The average molecular weight is 260 g/mol. The largest absolute Gasteiger partial charge is 0.299 e. The molecule has 0 unspecified atom stereocenters. The molecule has 0 aliphatic carbocycles. The fourth-order valence-electron chi connectivity index (χ4n) is 2.31. The number of hydrogen-bond donors (Lipinski definition) is 0. The number of aryl methyl sites for hydroxylation is 1. The molecule has 0 fully saturated rings. The maximum Gasteiger partial charge on any atom is 0.137 e. The summed E-state index contributed by atoms with van der Waals surface area (Å²) in [5.41, 5.74) is 2.50. The summed E-state index contributed by atoms with van der Waals surface area (Å²) in [6.45, 7) is 4.38. The quantitative estimate of drug-likeness (QED) is 0.534. The zero-order valence-corrected chi connectivity index (χ0v) is 12.6. The average Bonchev–Trinajstić information content (AvgIpc) is 2.43. The van der Waals surface area contributed by atoms with Crippen LogP contribution in [0.4, 0.5) is 0 Å². The van der Waals surface area contributed by atoms with Gasteiger partial charge in [0.05, 0.1) is 0 Å². The normalized spacial score (nSPS) is 10.6. The molecule has 106 valence electrons. The predicted molar refractivity (Wildman–Crippen MR) is 82.5 cm³/mol. The van der Waals surface area contributed by atoms with Crippen molar-refractivity contribution in [2.45, 2.75) is 71.6 Å². The first-order chi connectivity index (χ1) is 9.26. The fourth-order valence-corrected chi connectivity index (χ4v) is 2.31. The molecule has 0 N–H and O–H groups in total. The molecule has 0 radical (unpaired) electrons. The van der Waals surface area contributed by atoms with E-state index >= 15 is 0 Å². The standard InChI is InChI=1S/C18H28O/c1-3-5-6-7-8-9-10-18(19)15-17-13-11-16(4-2)12-14-17/h11-14H,3-10,15H2,1-2H3. The van der Waals surface area contributed by atoms with Gasteiger partial charge in [0.15, 0.2) is 0 Å². The molecule has 0 atom stereocenters. The summed E-state index contributed by atoms with van der Waals surface area (Å²) < 4.78 is 0. The van der Waals surface area contributed by atoms with Crippen molar-refractivity contribution >= 4 is 5.78 Å². The van der Waals surface area contributed by atoms with Gasteiger partial charge in [-0.05, 0) is 24.0 Å². The summed E-state index contributed by atoms with van der Waals surface area (Å²) in [4.78, 5) is 11.9. The van der Waals surface area contributed by atoms with Gasteiger partial charge in [-0.2, -0.15) is 0 Å². The first-order valence-electron chi connectivity index (χ1n) is 7.85. The van der Waals surface area contributed by atoms with Gasteiger partial charge in [-0.15, -0.1) is 0 Å². The highest BCUT2D eigenvalue weighted by atomic mass is 16.1. The first-order valence-corrected chi connectivity index (χ1v) is 7.85. The third-order valence-electron chi connectivity index (χ3n) is 3.64. The molecule has 19 heavy (non-hydrogen) atoms. The summed E-state index contributed by atoms with van der Waals surface area (Å²) in [5.74, 6) is 0.389. The Balaban J connectivity index is 2.16. The second-order valence-electron chi connectivity index (χ2n) is 5.40. The van der Waals surface area contributed by atoms with Crippen molar-refractivity contribution < 1.29 is 4.79 Å². The molecule has 1 aromatic rings. The summed E-state index contributed by atoms with van der Waals surface area (Å²) in [6.07, 6.45) is 9.92. The van der Waals surface area contributed by atoms with Gasteiger partial charge in [-0.25, -0.2) is 0 Å². The minimum atomic E-state index is 0.389. The summed E-state index contributed by atoms with van der Waals surface area (Å²) in [5, 5.41) is 0. The monoisotopic (exact) mass is 260 g/mol. The molecule has 1 heteroatoms. The van der Waals surface area contributed by atoms with Crippen molar-refractivity contribution in [2.24, 2.45) is 0 Å². The minimum Gasteiger partial charge on any atom is -0.299 e. The molecule has 0 aliphatic rings. The molecule has 0 heterocycles. The van der Waals surface area contributed by atoms with Crippen LogP contribution < -0.4 is 0 Å². The second kappa shape index (κ2) is 9.77. The van der Waals surface area contributed by atoms with Crippen molar-refractivity contribution in [2.75, 3.05) is 0 Å². The lowest BCUT2D eigenvalue weighted by atomic mass is 10.0. The highest BCUT2D eigenvalue weighted by Crippen LogP contribution is 2.10. The Morgan fingerprint density at radius 2 is 1.42 bits per heavy atom. The zero-order valence-electron chi connectivity index (χ0n) is 12.6. The van der Waals surface area contributed by atoms with Gasteiger partial charge in [0.25, 0.3) is 0 Å². The molecule has 0 saturated carbocycles. The van der Waals surface area contributed by atoms with E-state index in [1.165, 1.54) is 37.7 Å². The van der Waals surface area contributed by atoms with Gasteiger partial charge in [-0.1, -0.05) is 70.2 Å². The SMILES string of the molecule is CCCCCCCCC(=O)Cc1ccc(CC)cc1. The topological polar surface area (TPSA) is 17.1 Å². The van der Waals surface area contributed by atoms with Gasteiger partial charge in [0, 0.05) is 12.8 Å². The maximum absolute atomic E-state index is 11.9. The molecular formula is C18H28O. The van der Waals surface area contributed by atoms with E-state index < -0.39 is 0 Å². The van der Waals surface area contributed by atoms with Crippen LogP contribution in [-0.2, 0) is 17.6 Å². The first kappa shape index (κ1) is 15.9. The van der Waals surface area contributed by atoms with Crippen molar-refractivity contribution in [1.29, 1.82) is 0 Å². The second-order valence-corrected chi connectivity index (χ2v) is 5.40. The highest BCUT2D eigenvalue weighted by molar-refractivity contribution is 5.80. The number of hydrogen-bond acceptors (Lipinski definition) is 1. The predicted octanol–water partition coefficient (Wildman–Crippen LogP) is 5.11. The Bertz CT molecular complexity index is 350. The number of carbonyl (C=O) groups is 1. The number of carbonyl (C=O) groups excluding carboxylic acids is 1. The van der Waals surface area contributed by atoms with Gasteiger partial charge < -0.3 is 0 Å². The molecule has 0 aromatic heterocycles. The van der Waals surface area contributed by atoms with Crippen LogP contribution in [0, 0.1) is 0 Å². The van der Waals surface area contributed by atoms with Crippen LogP contribution in [0.3, 0.4) is 0 Å². The molecule has 0 saturated heterocycles. The number of rotatable bonds is 10. The van der Waals surface area contributed by atoms with Crippen molar-refractivity contribution in [1.82, 2.24) is 0 Å². The van der Waals surface area contributed by atoms with E-state index in [0.29, 0.717) is 12.2 Å². The lowest BCUT2D eigenvalue weighted by Gasteiger charge is -2.03. The van der Waals surface area contributed by atoms with Crippen molar-refractivity contribution in [3.8, 4) is 0 Å². The molecule has 1 nitrogen and oxygen atoms in total. The Kier molecular flexibility index (Phi) is 8.20. The number of unbranched alkanes of at least 4 members (excludes halogenated alkanes) is 5. The minimum absolute atomic E-state index is 0.389. The third-order valence-corrected chi connectivity index (χ3v) is 3.64. The Labute approximate surface area is 118 Å². The summed E-state index contributed by atoms with van der Waals surface area (Å²) in [6, 6.07) is 8.46. The molecule has 0 aliphatic heterocycles. The van der Waals surface area contributed by atoms with Crippen LogP contribution in [0.5, 0.6) is 0 Å².